The summed E-state index contributed by atoms with van der Waals surface area (Å²) >= 11 is 0. The maximum Gasteiger partial charge on any atom is 0.257 e. The average Bonchev–Trinajstić information content (AvgIpc) is 2.68. The van der Waals surface area contributed by atoms with Crippen LogP contribution < -0.4 is 0 Å². The molecule has 0 spiro atoms. The Balaban J connectivity index is 1.82. The second kappa shape index (κ2) is 6.71. The first-order chi connectivity index (χ1) is 12.6. The summed E-state index contributed by atoms with van der Waals surface area (Å²) < 4.78 is 27.6. The number of carbonyl (C=O) groups excluding carboxylic acids is 1. The molecular formula is C22H17F2NO. The van der Waals surface area contributed by atoms with Gasteiger partial charge in [0.2, 0.25) is 0 Å². The van der Waals surface area contributed by atoms with Crippen LogP contribution in [0.3, 0.4) is 0 Å². The van der Waals surface area contributed by atoms with E-state index in [1.54, 1.807) is 29.2 Å². The van der Waals surface area contributed by atoms with E-state index in [0.29, 0.717) is 13.0 Å². The van der Waals surface area contributed by atoms with Crippen molar-refractivity contribution in [2.24, 2.45) is 0 Å². The van der Waals surface area contributed by atoms with Gasteiger partial charge in [0.15, 0.2) is 0 Å². The van der Waals surface area contributed by atoms with E-state index < -0.39 is 5.82 Å². The molecule has 0 unspecified atom stereocenters. The number of hydrogen-bond acceptors (Lipinski definition) is 1. The zero-order chi connectivity index (χ0) is 18.1. The summed E-state index contributed by atoms with van der Waals surface area (Å²) in [5.74, 6) is -1.22. The van der Waals surface area contributed by atoms with Gasteiger partial charge in [-0.3, -0.25) is 4.79 Å². The minimum absolute atomic E-state index is 0.0546. The van der Waals surface area contributed by atoms with Crippen molar-refractivity contribution in [3.8, 4) is 0 Å². The molecule has 1 atom stereocenters. The van der Waals surface area contributed by atoms with Crippen LogP contribution in [-0.4, -0.2) is 17.4 Å². The summed E-state index contributed by atoms with van der Waals surface area (Å²) in [5.41, 5.74) is 3.01. The monoisotopic (exact) mass is 349 g/mol. The number of halogens is 2. The molecule has 26 heavy (non-hydrogen) atoms. The minimum atomic E-state index is -0.533. The number of carbonyl (C=O) groups is 1. The minimum Gasteiger partial charge on any atom is -0.327 e. The first-order valence-electron chi connectivity index (χ1n) is 8.54. The van der Waals surface area contributed by atoms with Crippen LogP contribution in [0.5, 0.6) is 0 Å². The van der Waals surface area contributed by atoms with E-state index in [0.717, 1.165) is 16.7 Å². The number of nitrogens with zero attached hydrogens (tertiary/aromatic N) is 1. The Kier molecular flexibility index (Phi) is 4.25. The standard InChI is InChI=1S/C22H17F2NO/c23-17-11-9-16(10-12-17)21-18-6-2-1-5-15(18)13-14-25(21)22(26)19-7-3-4-8-20(19)24/h1-12,21H,13-14H2/t21-/m0/s1. The Morgan fingerprint density at radius 1 is 0.885 bits per heavy atom. The zero-order valence-corrected chi connectivity index (χ0v) is 14.0. The maximum atomic E-state index is 14.2. The van der Waals surface area contributed by atoms with Crippen molar-refractivity contribution < 1.29 is 13.6 Å². The first kappa shape index (κ1) is 16.5. The lowest BCUT2D eigenvalue weighted by atomic mass is 9.87. The third-order valence-electron chi connectivity index (χ3n) is 4.83. The van der Waals surface area contributed by atoms with Gasteiger partial charge in [0, 0.05) is 6.54 Å². The van der Waals surface area contributed by atoms with Crippen molar-refractivity contribution >= 4 is 5.91 Å². The third-order valence-corrected chi connectivity index (χ3v) is 4.83. The molecule has 0 saturated heterocycles. The van der Waals surface area contributed by atoms with Crippen LogP contribution in [0, 0.1) is 11.6 Å². The van der Waals surface area contributed by atoms with E-state index >= 15 is 0 Å². The van der Waals surface area contributed by atoms with Crippen LogP contribution in [0.4, 0.5) is 8.78 Å². The molecular weight excluding hydrogens is 332 g/mol. The van der Waals surface area contributed by atoms with Crippen molar-refractivity contribution in [1.29, 1.82) is 0 Å². The van der Waals surface area contributed by atoms with E-state index in [4.69, 9.17) is 0 Å². The van der Waals surface area contributed by atoms with Crippen molar-refractivity contribution in [1.82, 2.24) is 4.90 Å². The Morgan fingerprint density at radius 2 is 1.58 bits per heavy atom. The quantitative estimate of drug-likeness (QED) is 0.654. The molecule has 0 N–H and O–H groups in total. The second-order valence-corrected chi connectivity index (χ2v) is 6.38. The molecule has 1 heterocycles. The molecule has 0 bridgehead atoms. The van der Waals surface area contributed by atoms with E-state index in [1.165, 1.54) is 24.3 Å². The van der Waals surface area contributed by atoms with Gasteiger partial charge in [-0.05, 0) is 47.4 Å². The first-order valence-corrected chi connectivity index (χ1v) is 8.54. The van der Waals surface area contributed by atoms with Crippen molar-refractivity contribution in [2.75, 3.05) is 6.54 Å². The Hall–Kier alpha value is -3.01. The largest absolute Gasteiger partial charge is 0.327 e. The van der Waals surface area contributed by atoms with E-state index in [1.807, 2.05) is 24.3 Å². The van der Waals surface area contributed by atoms with Crippen LogP contribution in [0.1, 0.15) is 33.1 Å². The normalized spacial score (nSPS) is 16.2. The molecule has 0 aliphatic carbocycles. The molecule has 0 fully saturated rings. The predicted molar refractivity (Wildman–Crippen MR) is 95.8 cm³/mol. The molecule has 130 valence electrons. The highest BCUT2D eigenvalue weighted by atomic mass is 19.1. The van der Waals surface area contributed by atoms with Gasteiger partial charge in [-0.25, -0.2) is 8.78 Å². The van der Waals surface area contributed by atoms with Crippen LogP contribution in [-0.2, 0) is 6.42 Å². The van der Waals surface area contributed by atoms with Crippen LogP contribution in [0.15, 0.2) is 72.8 Å². The van der Waals surface area contributed by atoms with Gasteiger partial charge in [0.1, 0.15) is 11.6 Å². The van der Waals surface area contributed by atoms with Gasteiger partial charge < -0.3 is 4.90 Å². The number of amides is 1. The molecule has 0 radical (unpaired) electrons. The highest BCUT2D eigenvalue weighted by molar-refractivity contribution is 5.95. The zero-order valence-electron chi connectivity index (χ0n) is 14.0. The molecule has 0 aromatic heterocycles. The smallest absolute Gasteiger partial charge is 0.257 e. The average molecular weight is 349 g/mol. The highest BCUT2D eigenvalue weighted by Crippen LogP contribution is 2.36. The topological polar surface area (TPSA) is 20.3 Å². The fourth-order valence-corrected chi connectivity index (χ4v) is 3.58. The lowest BCUT2D eigenvalue weighted by Gasteiger charge is -2.38. The summed E-state index contributed by atoms with van der Waals surface area (Å²) in [6, 6.07) is 19.7. The van der Waals surface area contributed by atoms with Gasteiger partial charge in [0.05, 0.1) is 11.6 Å². The van der Waals surface area contributed by atoms with Gasteiger partial charge in [0.25, 0.3) is 5.91 Å². The van der Waals surface area contributed by atoms with Crippen molar-refractivity contribution in [2.45, 2.75) is 12.5 Å². The molecule has 4 rings (SSSR count). The number of benzene rings is 3. The van der Waals surface area contributed by atoms with E-state index in [-0.39, 0.29) is 23.3 Å². The summed E-state index contributed by atoms with van der Waals surface area (Å²) in [6.07, 6.45) is 0.702. The van der Waals surface area contributed by atoms with Gasteiger partial charge >= 0.3 is 0 Å². The number of fused-ring (bicyclic) bond motifs is 1. The lowest BCUT2D eigenvalue weighted by Crippen LogP contribution is -2.41. The predicted octanol–water partition coefficient (Wildman–Crippen LogP) is 4.75. The molecule has 1 aliphatic heterocycles. The maximum absolute atomic E-state index is 14.2. The lowest BCUT2D eigenvalue weighted by molar-refractivity contribution is 0.0690. The Morgan fingerprint density at radius 3 is 2.35 bits per heavy atom. The summed E-state index contributed by atoms with van der Waals surface area (Å²) in [5, 5.41) is 0. The fraction of sp³-hybridized carbons (Fsp3) is 0.136. The summed E-state index contributed by atoms with van der Waals surface area (Å²) in [7, 11) is 0. The molecule has 1 aliphatic rings. The molecule has 2 nitrogen and oxygen atoms in total. The van der Waals surface area contributed by atoms with Crippen LogP contribution >= 0.6 is 0 Å². The molecule has 3 aromatic carbocycles. The van der Waals surface area contributed by atoms with Crippen LogP contribution in [0.2, 0.25) is 0 Å². The van der Waals surface area contributed by atoms with Crippen LogP contribution in [0.25, 0.3) is 0 Å². The van der Waals surface area contributed by atoms with Crippen molar-refractivity contribution in [3.63, 3.8) is 0 Å². The van der Waals surface area contributed by atoms with Gasteiger partial charge in [-0.1, -0.05) is 48.5 Å². The van der Waals surface area contributed by atoms with Gasteiger partial charge in [-0.2, -0.15) is 0 Å². The SMILES string of the molecule is O=C(c1ccccc1F)N1CCc2ccccc2[C@@H]1c1ccc(F)cc1. The van der Waals surface area contributed by atoms with E-state index in [9.17, 15) is 13.6 Å². The summed E-state index contributed by atoms with van der Waals surface area (Å²) in [6.45, 7) is 0.478. The Labute approximate surface area is 150 Å². The number of rotatable bonds is 2. The molecule has 4 heteroatoms. The summed E-state index contributed by atoms with van der Waals surface area (Å²) in [4.78, 5) is 14.8. The third kappa shape index (κ3) is 2.88. The molecule has 0 saturated carbocycles. The second-order valence-electron chi connectivity index (χ2n) is 6.38. The number of hydrogen-bond donors (Lipinski definition) is 0. The van der Waals surface area contributed by atoms with Gasteiger partial charge in [-0.15, -0.1) is 0 Å². The molecule has 1 amide bonds. The molecule has 3 aromatic rings. The van der Waals surface area contributed by atoms with Crippen molar-refractivity contribution in [3.05, 3.63) is 107 Å². The Bertz CT molecular complexity index is 952. The highest BCUT2D eigenvalue weighted by Gasteiger charge is 2.33. The van der Waals surface area contributed by atoms with E-state index in [2.05, 4.69) is 0 Å². The fourth-order valence-electron chi connectivity index (χ4n) is 3.58.